The molecule has 8 heteroatoms. The molecule has 148 valence electrons. The van der Waals surface area contributed by atoms with E-state index in [1.165, 1.54) is 31.0 Å². The van der Waals surface area contributed by atoms with E-state index >= 15 is 0 Å². The molecule has 1 atom stereocenters. The molecule has 0 spiro atoms. The highest BCUT2D eigenvalue weighted by Gasteiger charge is 2.38. The maximum atomic E-state index is 13.0. The highest BCUT2D eigenvalue weighted by atomic mass is 19.4. The number of carbonyl (C=O) groups is 2. The SMILES string of the molecule is O=C(NNc1ccccc1C(F)(F)F)C1CC(=O)N(C2CCCCCC2)C1. The van der Waals surface area contributed by atoms with Gasteiger partial charge < -0.3 is 4.90 Å². The predicted octanol–water partition coefficient (Wildman–Crippen LogP) is 3.72. The number of nitrogens with zero attached hydrogens (tertiary/aromatic N) is 1. The summed E-state index contributed by atoms with van der Waals surface area (Å²) in [5, 5.41) is 0. The first-order valence-electron chi connectivity index (χ1n) is 9.38. The summed E-state index contributed by atoms with van der Waals surface area (Å²) >= 11 is 0. The van der Waals surface area contributed by atoms with Crippen LogP contribution in [0.5, 0.6) is 0 Å². The van der Waals surface area contributed by atoms with Crippen molar-refractivity contribution in [3.63, 3.8) is 0 Å². The lowest BCUT2D eigenvalue weighted by Gasteiger charge is -2.27. The Kier molecular flexibility index (Phi) is 5.92. The normalized spacial score (nSPS) is 21.8. The van der Waals surface area contributed by atoms with Gasteiger partial charge in [0.25, 0.3) is 0 Å². The smallest absolute Gasteiger partial charge is 0.339 e. The molecule has 27 heavy (non-hydrogen) atoms. The predicted molar refractivity (Wildman–Crippen MR) is 94.5 cm³/mol. The average Bonchev–Trinajstić information content (AvgIpc) is 2.84. The van der Waals surface area contributed by atoms with Crippen LogP contribution in [0.15, 0.2) is 24.3 Å². The van der Waals surface area contributed by atoms with Crippen molar-refractivity contribution in [1.82, 2.24) is 10.3 Å². The summed E-state index contributed by atoms with van der Waals surface area (Å²) < 4.78 is 39.0. The monoisotopic (exact) mass is 383 g/mol. The molecule has 1 aliphatic heterocycles. The van der Waals surface area contributed by atoms with Gasteiger partial charge in [-0.2, -0.15) is 13.2 Å². The Morgan fingerprint density at radius 2 is 1.74 bits per heavy atom. The zero-order chi connectivity index (χ0) is 19.4. The number of hydrazine groups is 1. The number of nitrogens with one attached hydrogen (secondary N) is 2. The van der Waals surface area contributed by atoms with Crippen LogP contribution in [-0.4, -0.2) is 29.3 Å². The van der Waals surface area contributed by atoms with E-state index in [1.54, 1.807) is 4.90 Å². The zero-order valence-electron chi connectivity index (χ0n) is 15.0. The molecule has 0 radical (unpaired) electrons. The molecule has 1 saturated heterocycles. The van der Waals surface area contributed by atoms with E-state index in [4.69, 9.17) is 0 Å². The second kappa shape index (κ2) is 8.19. The van der Waals surface area contributed by atoms with Crippen LogP contribution in [0.25, 0.3) is 0 Å². The van der Waals surface area contributed by atoms with Gasteiger partial charge in [0.05, 0.1) is 17.2 Å². The number of amides is 2. The van der Waals surface area contributed by atoms with E-state index in [1.807, 2.05) is 0 Å². The Morgan fingerprint density at radius 3 is 2.41 bits per heavy atom. The number of hydrogen-bond donors (Lipinski definition) is 2. The highest BCUT2D eigenvalue weighted by molar-refractivity contribution is 5.90. The maximum absolute atomic E-state index is 13.0. The van der Waals surface area contributed by atoms with E-state index in [2.05, 4.69) is 10.9 Å². The highest BCUT2D eigenvalue weighted by Crippen LogP contribution is 2.34. The van der Waals surface area contributed by atoms with E-state index < -0.39 is 23.6 Å². The second-order valence-electron chi connectivity index (χ2n) is 7.25. The third kappa shape index (κ3) is 4.73. The van der Waals surface area contributed by atoms with Gasteiger partial charge >= 0.3 is 6.18 Å². The van der Waals surface area contributed by atoms with Gasteiger partial charge in [0, 0.05) is 19.0 Å². The summed E-state index contributed by atoms with van der Waals surface area (Å²) in [7, 11) is 0. The number of likely N-dealkylation sites (tertiary alicyclic amines) is 1. The fourth-order valence-corrected chi connectivity index (χ4v) is 3.90. The molecular formula is C19H24F3N3O2. The minimum Gasteiger partial charge on any atom is -0.339 e. The molecule has 5 nitrogen and oxygen atoms in total. The average molecular weight is 383 g/mol. The molecule has 1 saturated carbocycles. The van der Waals surface area contributed by atoms with Crippen molar-refractivity contribution in [3.8, 4) is 0 Å². The topological polar surface area (TPSA) is 61.4 Å². The quantitative estimate of drug-likeness (QED) is 0.615. The van der Waals surface area contributed by atoms with Crippen molar-refractivity contribution >= 4 is 17.5 Å². The number of rotatable bonds is 4. The van der Waals surface area contributed by atoms with E-state index in [0.29, 0.717) is 6.54 Å². The maximum Gasteiger partial charge on any atom is 0.418 e. The molecular weight excluding hydrogens is 359 g/mol. The van der Waals surface area contributed by atoms with Crippen LogP contribution in [-0.2, 0) is 15.8 Å². The Labute approximate surface area is 156 Å². The molecule has 0 bridgehead atoms. The van der Waals surface area contributed by atoms with Crippen molar-refractivity contribution < 1.29 is 22.8 Å². The molecule has 3 rings (SSSR count). The summed E-state index contributed by atoms with van der Waals surface area (Å²) in [6.07, 6.45) is 2.01. The van der Waals surface area contributed by atoms with E-state index in [0.717, 1.165) is 31.7 Å². The summed E-state index contributed by atoms with van der Waals surface area (Å²) in [5.41, 5.74) is 3.64. The van der Waals surface area contributed by atoms with Crippen LogP contribution in [0.4, 0.5) is 18.9 Å². The summed E-state index contributed by atoms with van der Waals surface area (Å²) in [5.74, 6) is -1.06. The first-order valence-corrected chi connectivity index (χ1v) is 9.38. The molecule has 1 aromatic rings. The van der Waals surface area contributed by atoms with Gasteiger partial charge in [-0.15, -0.1) is 0 Å². The van der Waals surface area contributed by atoms with Gasteiger partial charge in [0.2, 0.25) is 11.8 Å². The third-order valence-corrected chi connectivity index (χ3v) is 5.35. The van der Waals surface area contributed by atoms with Crippen LogP contribution in [0.1, 0.15) is 50.5 Å². The second-order valence-corrected chi connectivity index (χ2v) is 7.25. The van der Waals surface area contributed by atoms with Crippen LogP contribution in [0.2, 0.25) is 0 Å². The first-order chi connectivity index (χ1) is 12.9. The molecule has 2 amide bonds. The minimum atomic E-state index is -4.52. The summed E-state index contributed by atoms with van der Waals surface area (Å²) in [6, 6.07) is 5.12. The van der Waals surface area contributed by atoms with Crippen molar-refractivity contribution in [3.05, 3.63) is 29.8 Å². The first kappa shape index (κ1) is 19.5. The number of alkyl halides is 3. The largest absolute Gasteiger partial charge is 0.418 e. The molecule has 1 aromatic carbocycles. The van der Waals surface area contributed by atoms with Crippen molar-refractivity contribution in [1.29, 1.82) is 0 Å². The number of anilines is 1. The molecule has 1 aliphatic carbocycles. The van der Waals surface area contributed by atoms with Crippen LogP contribution < -0.4 is 10.9 Å². The fourth-order valence-electron chi connectivity index (χ4n) is 3.90. The van der Waals surface area contributed by atoms with Crippen molar-refractivity contribution in [2.24, 2.45) is 5.92 Å². The van der Waals surface area contributed by atoms with Crippen LogP contribution in [0, 0.1) is 5.92 Å². The lowest BCUT2D eigenvalue weighted by Crippen LogP contribution is -2.39. The standard InChI is InChI=1S/C19H24F3N3O2/c20-19(21,22)15-9-5-6-10-16(15)23-24-18(27)13-11-17(26)25(12-13)14-7-3-1-2-4-8-14/h5-6,9-10,13-14,23H,1-4,7-8,11-12H2,(H,24,27). The van der Waals surface area contributed by atoms with Crippen molar-refractivity contribution in [2.45, 2.75) is 57.2 Å². The summed E-state index contributed by atoms with van der Waals surface area (Å²) in [6.45, 7) is 0.331. The molecule has 0 aromatic heterocycles. The van der Waals surface area contributed by atoms with E-state index in [9.17, 15) is 22.8 Å². The molecule has 1 unspecified atom stereocenters. The van der Waals surface area contributed by atoms with Gasteiger partial charge in [-0.1, -0.05) is 37.8 Å². The Hall–Kier alpha value is -2.25. The summed E-state index contributed by atoms with van der Waals surface area (Å²) in [4.78, 5) is 26.5. The zero-order valence-corrected chi connectivity index (χ0v) is 15.0. The number of carbonyl (C=O) groups excluding carboxylic acids is 2. The molecule has 1 heterocycles. The Bertz CT molecular complexity index is 685. The lowest BCUT2D eigenvalue weighted by atomic mass is 10.1. The lowest BCUT2D eigenvalue weighted by molar-refractivity contribution is -0.137. The minimum absolute atomic E-state index is 0.0438. The van der Waals surface area contributed by atoms with E-state index in [-0.39, 0.29) is 24.1 Å². The van der Waals surface area contributed by atoms with Gasteiger partial charge in [-0.25, -0.2) is 0 Å². The van der Waals surface area contributed by atoms with Crippen LogP contribution in [0.3, 0.4) is 0 Å². The van der Waals surface area contributed by atoms with Gasteiger partial charge in [0.15, 0.2) is 0 Å². The number of halogens is 3. The number of benzene rings is 1. The number of para-hydroxylation sites is 1. The van der Waals surface area contributed by atoms with Crippen molar-refractivity contribution in [2.75, 3.05) is 12.0 Å². The number of hydrogen-bond acceptors (Lipinski definition) is 3. The Morgan fingerprint density at radius 1 is 1.07 bits per heavy atom. The van der Waals surface area contributed by atoms with Crippen LogP contribution >= 0.6 is 0 Å². The third-order valence-electron chi connectivity index (χ3n) is 5.35. The molecule has 2 fully saturated rings. The molecule has 2 aliphatic rings. The van der Waals surface area contributed by atoms with Gasteiger partial charge in [0.1, 0.15) is 0 Å². The van der Waals surface area contributed by atoms with Gasteiger partial charge in [-0.3, -0.25) is 20.4 Å². The fraction of sp³-hybridized carbons (Fsp3) is 0.579. The van der Waals surface area contributed by atoms with Gasteiger partial charge in [-0.05, 0) is 25.0 Å². The Balaban J connectivity index is 1.59. The molecule has 2 N–H and O–H groups in total.